The molecule has 142 heavy (non-hydrogen) atoms. The predicted octanol–water partition coefficient (Wildman–Crippen LogP) is -4.69. The molecule has 6 aliphatic rings. The highest BCUT2D eigenvalue weighted by Crippen LogP contribution is 2.56. The van der Waals surface area contributed by atoms with Crippen LogP contribution < -0.4 is 81.7 Å². The second kappa shape index (κ2) is 49.0. The standard InChI is InChI=1S/C75H109N16O41P5S5/c1-35-23-86(71(97)81-59(35)76)47-22-41(40(6)122-47)128-133(102,138)118-29-43-50(55(113-18-13-108-8)67(124-43)88-25-37(3)63(94)83-73(88)99)129-135(104,140)119-30-44-51(56(114-19-14-109-9)68(125-44)89-26-38(4)64(95)84-74(89)100)130-136(105,141)120-31-45-52(57(115-20-15-110-10)69(126-45)90-27-39(5)65(96)85-75(90)101)131-137(106,142)121-32-46-53(58(116-21-16-111-11)70(127-46)91-34-80-48-60(77)78-33-79-61(48)91)132-134(103,139)117-28-42-49(92)54(112-17-12-107-7)66(123-42)87-24-36(2)62(93)82-72(87)98/h23-27,33-34,40-47,49-58,66-70,92H,12-22,28-32H2,1-11H3,(H,102,138)(H,103,139)(H,104,140)(H,105,141)(H,106,142)(H2,76,81,97)(H2,77,78,79)(H,82,93,98)(H,83,94,99)(H,84,95,100)(H,85,96,101)/p-5/t40-,41-,42-,43-,44-,45-,46-,47-,49+,50+,51+,52+,53+,54?,55?,56?,57?,58?,66-,67-,68-,69-,70-,133?,134?,135?,136?,137?/m1/s1. The van der Waals surface area contributed by atoms with Crippen LogP contribution in [0, 0.1) is 34.6 Å². The Balaban J connectivity index is 0.796. The molecule has 9 N–H and O–H groups in total. The average Bonchev–Trinajstić information content (AvgIpc) is 1.69. The number of hydrogen-bond acceptors (Lipinski definition) is 52. The third-order valence-corrected chi connectivity index (χ3v) is 30.6. The molecule has 57 nitrogen and oxygen atoms in total. The molecular weight excluding hydrogens is 2100 g/mol. The van der Waals surface area contributed by atoms with Gasteiger partial charge in [-0.15, -0.1) is 0 Å². The molecule has 67 heteroatoms. The molecule has 6 aliphatic heterocycles. The number of aliphatic hydroxyl groups excluding tert-OH is 1. The molecule has 0 bridgehead atoms. The maximum atomic E-state index is 15.6. The van der Waals surface area contributed by atoms with Crippen LogP contribution in [0.15, 0.2) is 86.8 Å². The maximum Gasteiger partial charge on any atom is 0.351 e. The van der Waals surface area contributed by atoms with Gasteiger partial charge >= 0.3 is 28.4 Å². The van der Waals surface area contributed by atoms with Gasteiger partial charge in [-0.05, 0) is 41.5 Å². The average molecular weight is 2200 g/mol. The van der Waals surface area contributed by atoms with Crippen molar-refractivity contribution in [3.63, 3.8) is 0 Å². The number of ether oxygens (including phenoxy) is 16. The van der Waals surface area contributed by atoms with Gasteiger partial charge in [0.1, 0.15) is 142 Å². The summed E-state index contributed by atoms with van der Waals surface area (Å²) in [6.07, 6.45) is -29.3. The van der Waals surface area contributed by atoms with E-state index in [9.17, 15) is 58.0 Å². The molecule has 7 aromatic rings. The van der Waals surface area contributed by atoms with Crippen molar-refractivity contribution >= 4 is 116 Å². The van der Waals surface area contributed by atoms with Crippen molar-refractivity contribution in [3.8, 4) is 0 Å². The molecule has 28 atom stereocenters. The number of nitrogen functional groups attached to an aromatic ring is 2. The highest BCUT2D eigenvalue weighted by atomic mass is 32.7. The van der Waals surface area contributed by atoms with E-state index in [4.69, 9.17) is 192 Å². The maximum absolute atomic E-state index is 15.6. The molecule has 6 fully saturated rings. The van der Waals surface area contributed by atoms with Crippen molar-refractivity contribution in [1.82, 2.24) is 67.3 Å². The highest BCUT2D eigenvalue weighted by Gasteiger charge is 2.56. The molecule has 0 saturated carbocycles. The third kappa shape index (κ3) is 27.5. The van der Waals surface area contributed by atoms with Gasteiger partial charge in [0.15, 0.2) is 49.4 Å². The van der Waals surface area contributed by atoms with Crippen molar-refractivity contribution in [3.05, 3.63) is 165 Å². The number of fused-ring (bicyclic) bond motifs is 1. The number of rotatable bonds is 51. The van der Waals surface area contributed by atoms with Crippen LogP contribution in [0.2, 0.25) is 0 Å². The lowest BCUT2D eigenvalue weighted by atomic mass is 10.1. The van der Waals surface area contributed by atoms with Crippen molar-refractivity contribution < 1.29 is 150 Å². The summed E-state index contributed by atoms with van der Waals surface area (Å²) in [6.45, 7) is -24.4. The topological polar surface area (TPSA) is 719 Å². The number of aromatic nitrogens is 14. The fourth-order valence-corrected chi connectivity index (χ4v) is 23.0. The Kier molecular flexibility index (Phi) is 38.9. The number of aliphatic hydroxyl groups is 1. The van der Waals surface area contributed by atoms with Crippen LogP contribution in [0.3, 0.4) is 0 Å². The van der Waals surface area contributed by atoms with Crippen LogP contribution in [0.4, 0.5) is 11.6 Å². The molecule has 13 rings (SSSR count). The number of aryl methyl sites for hydroxylation is 5. The molecule has 0 radical (unpaired) electrons. The van der Waals surface area contributed by atoms with Gasteiger partial charge < -0.3 is 169 Å². The van der Waals surface area contributed by atoms with E-state index in [1.165, 1.54) is 86.5 Å². The van der Waals surface area contributed by atoms with E-state index in [1.807, 2.05) is 0 Å². The first-order chi connectivity index (χ1) is 67.3. The van der Waals surface area contributed by atoms with Gasteiger partial charge in [0, 0.05) is 101 Å². The zero-order valence-corrected chi connectivity index (χ0v) is 85.9. The SMILES string of the molecule is COCCOC1[C@@H](O)[C@@H](COP([O-])(=S)O[C@@H]2C(OCCOC)[C@H](n3cnc4c(N)ncnc43)O[C@@H]2COP([O-])(=S)O[C@@H]2C(OCCOC)[C@H](n3cc(C)c(=O)[nH]c3=O)O[C@@H]2COP(=O)([S-])O[C@@H]2C(OCCOC)[C@H](n3cc(C)c(=O)[nH]c3=O)O[C@@H]2COP([O-])(=S)O[C@@H]2C(OCCOC)[C@H](n3cc(C)c(=O)[nH]c3=O)O[C@@H]2COP([O-])(=S)O[C@@H]2C[C@H](n3cc(C)c(N)nc3=O)O[C@@H]2C)O[C@H]1n1cc(C)c(=O)[nH]c1=O. The lowest BCUT2D eigenvalue weighted by Crippen LogP contribution is -2.43. The van der Waals surface area contributed by atoms with Crippen LogP contribution in [0.25, 0.3) is 11.2 Å². The number of anilines is 2. The Morgan fingerprint density at radius 2 is 0.732 bits per heavy atom. The summed E-state index contributed by atoms with van der Waals surface area (Å²) in [4.78, 5) is 205. The Labute approximate surface area is 829 Å². The van der Waals surface area contributed by atoms with Crippen LogP contribution in [-0.2, 0) is 185 Å². The van der Waals surface area contributed by atoms with E-state index in [1.54, 1.807) is 13.8 Å². The van der Waals surface area contributed by atoms with Crippen molar-refractivity contribution in [2.24, 2.45) is 0 Å². The molecule has 790 valence electrons. The second-order valence-electron chi connectivity index (χ2n) is 32.6. The number of imidazole rings is 1. The summed E-state index contributed by atoms with van der Waals surface area (Å²) >= 11 is 28.0. The van der Waals surface area contributed by atoms with Crippen LogP contribution in [0.5, 0.6) is 0 Å². The zero-order chi connectivity index (χ0) is 103. The quantitative estimate of drug-likeness (QED) is 0.0107. The Hall–Kier alpha value is -6.31. The first kappa shape index (κ1) is 113. The van der Waals surface area contributed by atoms with E-state index in [2.05, 4.69) is 39.9 Å². The number of H-pyrrole nitrogens is 4. The monoisotopic (exact) mass is 2200 g/mol. The molecule has 0 aromatic carbocycles. The zero-order valence-electron chi connectivity index (χ0n) is 77.3. The van der Waals surface area contributed by atoms with Gasteiger partial charge in [0.2, 0.25) is 0 Å². The molecule has 0 aliphatic carbocycles. The van der Waals surface area contributed by atoms with Crippen LogP contribution >= 0.6 is 33.7 Å². The largest absolute Gasteiger partial charge is 0.780 e. The minimum Gasteiger partial charge on any atom is -0.780 e. The number of hydrogen-bond donors (Lipinski definition) is 7. The summed E-state index contributed by atoms with van der Waals surface area (Å²) in [6, 6.07) is 0. The molecule has 0 amide bonds. The number of aromatic amines is 4. The Morgan fingerprint density at radius 1 is 0.415 bits per heavy atom. The lowest BCUT2D eigenvalue weighted by Gasteiger charge is -2.37. The minimum atomic E-state index is -5.39. The van der Waals surface area contributed by atoms with Crippen LogP contribution in [-0.4, -0.2) is 311 Å². The van der Waals surface area contributed by atoms with E-state index in [-0.39, 0.29) is 104 Å². The molecule has 6 saturated heterocycles. The van der Waals surface area contributed by atoms with Crippen LogP contribution in [0.1, 0.15) is 78.5 Å². The minimum absolute atomic E-state index is 0.00984. The normalized spacial score (nSPS) is 29.5. The fourth-order valence-electron chi connectivity index (χ4n) is 15.8. The number of nitrogens with one attached hydrogen (secondary N) is 4. The van der Waals surface area contributed by atoms with E-state index < -0.39 is 272 Å². The summed E-state index contributed by atoms with van der Waals surface area (Å²) in [5.74, 6) is -0.110. The number of nitrogens with two attached hydrogens (primary N) is 2. The first-order valence-electron chi connectivity index (χ1n) is 43.2. The van der Waals surface area contributed by atoms with Gasteiger partial charge in [-0.25, -0.2) is 38.9 Å². The second-order valence-corrected chi connectivity index (χ2v) is 46.1. The molecule has 7 aromatic heterocycles. The summed E-state index contributed by atoms with van der Waals surface area (Å²) in [5.41, 5.74) is 4.29. The van der Waals surface area contributed by atoms with Crippen molar-refractivity contribution in [1.29, 1.82) is 0 Å². The molecule has 0 spiro atoms. The summed E-state index contributed by atoms with van der Waals surface area (Å²) in [5, 5.41) is 11.8. The summed E-state index contributed by atoms with van der Waals surface area (Å²) in [7, 11) is 6.67. The molecule has 10 unspecified atom stereocenters. The number of nitrogens with zero attached hydrogens (tertiary/aromatic N) is 10. The lowest BCUT2D eigenvalue weighted by molar-refractivity contribution is -0.223. The molecular formula is C75H104N16O41P5S5-5. The number of methoxy groups -OCH3 is 5. The Morgan fingerprint density at radius 3 is 1.11 bits per heavy atom. The van der Waals surface area contributed by atoms with Gasteiger partial charge in [-0.1, -0.05) is 47.2 Å². The fraction of sp³-hybridized carbons (Fsp3) is 0.667. The molecule has 13 heterocycles. The van der Waals surface area contributed by atoms with Crippen molar-refractivity contribution in [2.45, 2.75) is 189 Å². The highest BCUT2D eigenvalue weighted by molar-refractivity contribution is 8.32. The van der Waals surface area contributed by atoms with Gasteiger partial charge in [-0.2, -0.15) is 4.98 Å². The van der Waals surface area contributed by atoms with Gasteiger partial charge in [0.05, 0.1) is 118 Å². The van der Waals surface area contributed by atoms with E-state index in [0.717, 1.165) is 47.8 Å². The smallest absolute Gasteiger partial charge is 0.351 e. The van der Waals surface area contributed by atoms with Crippen molar-refractivity contribution in [2.75, 3.05) is 146 Å². The Bertz CT molecular complexity index is 6420. The van der Waals surface area contributed by atoms with E-state index >= 15 is 14.4 Å². The van der Waals surface area contributed by atoms with Gasteiger partial charge in [-0.3, -0.25) is 71.1 Å². The summed E-state index contributed by atoms with van der Waals surface area (Å²) < 4.78 is 178. The predicted molar refractivity (Wildman–Crippen MR) is 496 cm³/mol. The third-order valence-electron chi connectivity index (χ3n) is 22.9. The first-order valence-corrected chi connectivity index (χ1v) is 56.0. The van der Waals surface area contributed by atoms with E-state index in [0.29, 0.717) is 5.56 Å². The van der Waals surface area contributed by atoms with Gasteiger partial charge in [0.25, 0.3) is 22.2 Å².